The van der Waals surface area contributed by atoms with Crippen molar-refractivity contribution in [2.45, 2.75) is 65.5 Å². The van der Waals surface area contributed by atoms with E-state index in [1.165, 1.54) is 7.11 Å². The van der Waals surface area contributed by atoms with E-state index >= 15 is 0 Å². The van der Waals surface area contributed by atoms with E-state index in [2.05, 4.69) is 11.9 Å². The summed E-state index contributed by atoms with van der Waals surface area (Å²) >= 11 is 0. The molecular weight excluding hydrogens is 394 g/mol. The third kappa shape index (κ3) is 9.37. The number of ether oxygens (including phenoxy) is 2. The van der Waals surface area contributed by atoms with Crippen LogP contribution in [0.4, 0.5) is 0 Å². The number of nitrogens with one attached hydrogen (secondary N) is 1. The first-order valence-electron chi connectivity index (χ1n) is 10.7. The Morgan fingerprint density at radius 1 is 1.06 bits per heavy atom. The van der Waals surface area contributed by atoms with Gasteiger partial charge in [0, 0.05) is 6.42 Å². The number of rotatable bonds is 11. The van der Waals surface area contributed by atoms with Gasteiger partial charge in [0.15, 0.2) is 0 Å². The van der Waals surface area contributed by atoms with Gasteiger partial charge in [-0.2, -0.15) is 0 Å². The number of hydrogen-bond acceptors (Lipinski definition) is 5. The molecule has 1 N–H and O–H groups in total. The zero-order chi connectivity index (χ0) is 23.6. The standard InChI is InChI=1S/C25H37NO5/c1-8-12-19(23(28)31-25(4,5)6)20(15-17(2)3)22(27)26-21(24(29)30-7)16-18-13-10-9-11-14-18/h8-11,13-14,17,19-21H,1,12,15-16H2,2-7H3,(H,26,27)/t19-,20+,21-/m0/s1. The number of methoxy groups -OCH3 is 1. The summed E-state index contributed by atoms with van der Waals surface area (Å²) in [7, 11) is 1.29. The van der Waals surface area contributed by atoms with E-state index in [4.69, 9.17) is 9.47 Å². The number of carbonyl (C=O) groups is 3. The van der Waals surface area contributed by atoms with Crippen LogP contribution in [0.2, 0.25) is 0 Å². The van der Waals surface area contributed by atoms with Crippen molar-refractivity contribution in [1.29, 1.82) is 0 Å². The maximum absolute atomic E-state index is 13.3. The van der Waals surface area contributed by atoms with Crippen molar-refractivity contribution in [3.8, 4) is 0 Å². The molecule has 1 rings (SSSR count). The normalized spacial score (nSPS) is 14.3. The summed E-state index contributed by atoms with van der Waals surface area (Å²) in [6.07, 6.45) is 2.70. The summed E-state index contributed by atoms with van der Waals surface area (Å²) in [5.74, 6) is -2.51. The lowest BCUT2D eigenvalue weighted by atomic mass is 9.82. The average Bonchev–Trinajstić information content (AvgIpc) is 2.68. The molecule has 0 spiro atoms. The van der Waals surface area contributed by atoms with E-state index < -0.39 is 35.4 Å². The summed E-state index contributed by atoms with van der Waals surface area (Å²) in [6.45, 7) is 13.1. The van der Waals surface area contributed by atoms with Crippen LogP contribution in [0, 0.1) is 17.8 Å². The zero-order valence-electron chi connectivity index (χ0n) is 19.6. The van der Waals surface area contributed by atoms with Crippen molar-refractivity contribution in [3.63, 3.8) is 0 Å². The molecule has 0 aliphatic rings. The summed E-state index contributed by atoms with van der Waals surface area (Å²) in [6, 6.07) is 8.54. The molecule has 172 valence electrons. The van der Waals surface area contributed by atoms with Crippen molar-refractivity contribution < 1.29 is 23.9 Å². The van der Waals surface area contributed by atoms with Gasteiger partial charge in [0.05, 0.1) is 18.9 Å². The topological polar surface area (TPSA) is 81.7 Å². The lowest BCUT2D eigenvalue weighted by Crippen LogP contribution is -2.48. The molecule has 0 saturated heterocycles. The average molecular weight is 432 g/mol. The van der Waals surface area contributed by atoms with E-state index in [1.54, 1.807) is 26.8 Å². The van der Waals surface area contributed by atoms with Gasteiger partial charge in [-0.15, -0.1) is 6.58 Å². The third-order valence-corrected chi connectivity index (χ3v) is 4.76. The SMILES string of the molecule is C=CC[C@H](C(=O)OC(C)(C)C)[C@@H](CC(C)C)C(=O)N[C@@H](Cc1ccccc1)C(=O)OC. The van der Waals surface area contributed by atoms with Crippen LogP contribution in [0.15, 0.2) is 43.0 Å². The highest BCUT2D eigenvalue weighted by Crippen LogP contribution is 2.28. The Bertz CT molecular complexity index is 736. The first kappa shape index (κ1) is 26.4. The monoisotopic (exact) mass is 431 g/mol. The molecule has 0 fully saturated rings. The van der Waals surface area contributed by atoms with Crippen LogP contribution in [-0.2, 0) is 30.3 Å². The minimum atomic E-state index is -0.849. The summed E-state index contributed by atoms with van der Waals surface area (Å²) in [4.78, 5) is 38.6. The van der Waals surface area contributed by atoms with Gasteiger partial charge in [-0.25, -0.2) is 4.79 Å². The Balaban J connectivity index is 3.15. The van der Waals surface area contributed by atoms with Crippen LogP contribution < -0.4 is 5.32 Å². The predicted molar refractivity (Wildman–Crippen MR) is 121 cm³/mol. The number of benzene rings is 1. The molecule has 6 nitrogen and oxygen atoms in total. The molecule has 1 aromatic rings. The van der Waals surface area contributed by atoms with Crippen molar-refractivity contribution in [2.24, 2.45) is 17.8 Å². The Morgan fingerprint density at radius 3 is 2.16 bits per heavy atom. The van der Waals surface area contributed by atoms with Gasteiger partial charge in [0.1, 0.15) is 11.6 Å². The summed E-state index contributed by atoms with van der Waals surface area (Å²) in [5.41, 5.74) is 0.227. The zero-order valence-corrected chi connectivity index (χ0v) is 19.6. The minimum absolute atomic E-state index is 0.163. The molecule has 0 saturated carbocycles. The van der Waals surface area contributed by atoms with Crippen LogP contribution in [0.5, 0.6) is 0 Å². The number of allylic oxidation sites excluding steroid dienone is 1. The Hall–Kier alpha value is -2.63. The molecule has 0 heterocycles. The molecule has 0 aliphatic heterocycles. The van der Waals surface area contributed by atoms with E-state index in [-0.39, 0.29) is 11.8 Å². The largest absolute Gasteiger partial charge is 0.467 e. The molecule has 31 heavy (non-hydrogen) atoms. The second kappa shape index (κ2) is 12.3. The minimum Gasteiger partial charge on any atom is -0.467 e. The third-order valence-electron chi connectivity index (χ3n) is 4.76. The second-order valence-corrected chi connectivity index (χ2v) is 9.17. The van der Waals surface area contributed by atoms with Gasteiger partial charge in [0.2, 0.25) is 5.91 Å². The Kier molecular flexibility index (Phi) is 10.5. The lowest BCUT2D eigenvalue weighted by Gasteiger charge is -2.30. The number of esters is 2. The van der Waals surface area contributed by atoms with Crippen LogP contribution >= 0.6 is 0 Å². The van der Waals surface area contributed by atoms with E-state index in [0.29, 0.717) is 19.3 Å². The van der Waals surface area contributed by atoms with Gasteiger partial charge in [-0.05, 0) is 45.1 Å². The molecule has 3 atom stereocenters. The molecule has 0 unspecified atom stereocenters. The quantitative estimate of drug-likeness (QED) is 0.422. The first-order chi connectivity index (χ1) is 14.5. The molecule has 0 aromatic heterocycles. The van der Waals surface area contributed by atoms with Crippen molar-refractivity contribution in [2.75, 3.05) is 7.11 Å². The lowest BCUT2D eigenvalue weighted by molar-refractivity contribution is -0.164. The molecule has 1 aromatic carbocycles. The smallest absolute Gasteiger partial charge is 0.328 e. The highest BCUT2D eigenvalue weighted by atomic mass is 16.6. The molecule has 0 radical (unpaired) electrons. The van der Waals surface area contributed by atoms with Gasteiger partial charge < -0.3 is 14.8 Å². The van der Waals surface area contributed by atoms with Crippen LogP contribution in [-0.4, -0.2) is 36.6 Å². The number of carbonyl (C=O) groups excluding carboxylic acids is 3. The van der Waals surface area contributed by atoms with E-state index in [1.807, 2.05) is 44.2 Å². The molecular formula is C25H37NO5. The summed E-state index contributed by atoms with van der Waals surface area (Å²) < 4.78 is 10.5. The van der Waals surface area contributed by atoms with Gasteiger partial charge in [-0.1, -0.05) is 50.3 Å². The molecule has 1 amide bonds. The van der Waals surface area contributed by atoms with Crippen LogP contribution in [0.1, 0.15) is 53.0 Å². The van der Waals surface area contributed by atoms with Crippen LogP contribution in [0.25, 0.3) is 0 Å². The fourth-order valence-corrected chi connectivity index (χ4v) is 3.41. The van der Waals surface area contributed by atoms with Crippen molar-refractivity contribution >= 4 is 17.8 Å². The van der Waals surface area contributed by atoms with Crippen molar-refractivity contribution in [3.05, 3.63) is 48.6 Å². The molecule has 6 heteroatoms. The van der Waals surface area contributed by atoms with Gasteiger partial charge >= 0.3 is 11.9 Å². The Morgan fingerprint density at radius 2 is 1.68 bits per heavy atom. The predicted octanol–water partition coefficient (Wildman–Crippen LogP) is 4.08. The number of hydrogen-bond donors (Lipinski definition) is 1. The first-order valence-corrected chi connectivity index (χ1v) is 10.7. The van der Waals surface area contributed by atoms with E-state index in [9.17, 15) is 14.4 Å². The molecule has 0 bridgehead atoms. The van der Waals surface area contributed by atoms with Gasteiger partial charge in [-0.3, -0.25) is 9.59 Å². The fourth-order valence-electron chi connectivity index (χ4n) is 3.41. The number of amides is 1. The molecule has 0 aliphatic carbocycles. The second-order valence-electron chi connectivity index (χ2n) is 9.17. The fraction of sp³-hybridized carbons (Fsp3) is 0.560. The van der Waals surface area contributed by atoms with Crippen molar-refractivity contribution in [1.82, 2.24) is 5.32 Å². The highest BCUT2D eigenvalue weighted by molar-refractivity contribution is 5.89. The van der Waals surface area contributed by atoms with E-state index in [0.717, 1.165) is 5.56 Å². The highest BCUT2D eigenvalue weighted by Gasteiger charge is 2.37. The Labute approximate surface area is 186 Å². The van der Waals surface area contributed by atoms with Crippen LogP contribution in [0.3, 0.4) is 0 Å². The maximum Gasteiger partial charge on any atom is 0.328 e. The summed E-state index contributed by atoms with van der Waals surface area (Å²) in [5, 5.41) is 2.82. The van der Waals surface area contributed by atoms with Gasteiger partial charge in [0.25, 0.3) is 0 Å². The maximum atomic E-state index is 13.3.